The number of sulfonamides is 1. The van der Waals surface area contributed by atoms with Gasteiger partial charge in [-0.15, -0.1) is 0 Å². The Morgan fingerprint density at radius 1 is 1.40 bits per heavy atom. The Kier molecular flexibility index (Phi) is 4.53. The van der Waals surface area contributed by atoms with Crippen molar-refractivity contribution >= 4 is 10.0 Å². The zero-order chi connectivity index (χ0) is 14.6. The molecule has 2 rings (SSSR count). The fraction of sp³-hybridized carbons (Fsp3) is 0.455. The number of aromatic nitrogens is 4. The molecule has 0 spiro atoms. The van der Waals surface area contributed by atoms with Crippen LogP contribution in [0.4, 0.5) is 0 Å². The van der Waals surface area contributed by atoms with E-state index < -0.39 is 10.0 Å². The third-order valence-corrected chi connectivity index (χ3v) is 4.25. The van der Waals surface area contributed by atoms with Gasteiger partial charge in [-0.3, -0.25) is 9.78 Å². The molecule has 2 aromatic heterocycles. The molecule has 0 atom stereocenters. The molecular formula is C11H18N6O2S. The molecule has 9 heteroatoms. The van der Waals surface area contributed by atoms with Crippen LogP contribution in [0.15, 0.2) is 23.6 Å². The van der Waals surface area contributed by atoms with E-state index in [9.17, 15) is 8.42 Å². The second kappa shape index (κ2) is 6.16. The van der Waals surface area contributed by atoms with Crippen LogP contribution in [0.2, 0.25) is 0 Å². The van der Waals surface area contributed by atoms with E-state index >= 15 is 0 Å². The predicted octanol–water partition coefficient (Wildman–Crippen LogP) is -0.616. The minimum absolute atomic E-state index is 0.109. The zero-order valence-electron chi connectivity index (χ0n) is 11.4. The Balaban J connectivity index is 1.98. The first-order valence-electron chi connectivity index (χ1n) is 6.17. The van der Waals surface area contributed by atoms with Crippen LogP contribution in [0.25, 0.3) is 0 Å². The van der Waals surface area contributed by atoms with Gasteiger partial charge in [0.2, 0.25) is 0 Å². The molecule has 3 N–H and O–H groups in total. The summed E-state index contributed by atoms with van der Waals surface area (Å²) in [6, 6.07) is 0. The molecule has 0 aliphatic rings. The molecular weight excluding hydrogens is 280 g/mol. The minimum Gasteiger partial charge on any atom is -0.316 e. The zero-order valence-corrected chi connectivity index (χ0v) is 12.2. The average Bonchev–Trinajstić information content (AvgIpc) is 2.99. The normalized spacial score (nSPS) is 11.9. The van der Waals surface area contributed by atoms with E-state index in [-0.39, 0.29) is 5.03 Å². The number of nitrogens with zero attached hydrogens (tertiary/aromatic N) is 3. The molecule has 20 heavy (non-hydrogen) atoms. The molecule has 0 amide bonds. The molecule has 0 saturated heterocycles. The highest BCUT2D eigenvalue weighted by molar-refractivity contribution is 7.89. The first-order valence-corrected chi connectivity index (χ1v) is 7.65. The molecule has 0 bridgehead atoms. The van der Waals surface area contributed by atoms with E-state index in [0.717, 1.165) is 5.56 Å². The van der Waals surface area contributed by atoms with Crippen LogP contribution >= 0.6 is 0 Å². The maximum Gasteiger partial charge on any atom is 0.257 e. The van der Waals surface area contributed by atoms with Crippen molar-refractivity contribution in [2.45, 2.75) is 18.0 Å². The molecule has 0 aromatic carbocycles. The van der Waals surface area contributed by atoms with Crippen molar-refractivity contribution in [3.05, 3.63) is 29.7 Å². The van der Waals surface area contributed by atoms with Crippen molar-refractivity contribution < 1.29 is 8.42 Å². The first-order chi connectivity index (χ1) is 9.53. The number of hydrogen-bond donors (Lipinski definition) is 3. The third kappa shape index (κ3) is 3.44. The van der Waals surface area contributed by atoms with Crippen LogP contribution in [-0.4, -0.2) is 42.0 Å². The number of H-pyrrole nitrogens is 1. The van der Waals surface area contributed by atoms with E-state index in [4.69, 9.17) is 0 Å². The minimum atomic E-state index is -3.57. The molecule has 2 heterocycles. The second-order valence-corrected chi connectivity index (χ2v) is 6.13. The number of hydrogen-bond acceptors (Lipinski definition) is 5. The fourth-order valence-corrected chi connectivity index (χ4v) is 3.01. The SMILES string of the molecule is CNCc1cn[nH]c1S(=O)(=O)NCCc1cnn(C)c1. The maximum atomic E-state index is 12.2. The first kappa shape index (κ1) is 14.7. The lowest BCUT2D eigenvalue weighted by Crippen LogP contribution is -2.27. The lowest BCUT2D eigenvalue weighted by Gasteiger charge is -2.06. The Bertz CT molecular complexity index is 660. The van der Waals surface area contributed by atoms with Gasteiger partial charge in [0.15, 0.2) is 5.03 Å². The molecule has 0 aliphatic carbocycles. The number of aromatic amines is 1. The second-order valence-electron chi connectivity index (χ2n) is 4.42. The predicted molar refractivity (Wildman–Crippen MR) is 73.5 cm³/mol. The van der Waals surface area contributed by atoms with Crippen LogP contribution in [-0.2, 0) is 30.0 Å². The number of rotatable bonds is 7. The van der Waals surface area contributed by atoms with Gasteiger partial charge < -0.3 is 5.32 Å². The van der Waals surface area contributed by atoms with Gasteiger partial charge in [0, 0.05) is 31.9 Å². The Hall–Kier alpha value is -1.71. The van der Waals surface area contributed by atoms with Crippen LogP contribution < -0.4 is 10.0 Å². The topological polar surface area (TPSA) is 105 Å². The standard InChI is InChI=1S/C11H18N6O2S/c1-12-6-10-7-13-16-11(10)20(18,19)15-4-3-9-5-14-17(2)8-9/h5,7-8,12,15H,3-4,6H2,1-2H3,(H,13,16). The van der Waals surface area contributed by atoms with E-state index in [1.165, 1.54) is 6.20 Å². The molecule has 110 valence electrons. The Morgan fingerprint density at radius 2 is 2.20 bits per heavy atom. The summed E-state index contributed by atoms with van der Waals surface area (Å²) in [6.45, 7) is 0.751. The summed E-state index contributed by atoms with van der Waals surface area (Å²) < 4.78 is 28.5. The summed E-state index contributed by atoms with van der Waals surface area (Å²) in [4.78, 5) is 0. The molecule has 0 fully saturated rings. The van der Waals surface area contributed by atoms with Crippen molar-refractivity contribution in [1.82, 2.24) is 30.0 Å². The molecule has 0 saturated carbocycles. The summed E-state index contributed by atoms with van der Waals surface area (Å²) in [6.07, 6.45) is 5.67. The van der Waals surface area contributed by atoms with Gasteiger partial charge in [0.1, 0.15) is 0 Å². The van der Waals surface area contributed by atoms with Crippen molar-refractivity contribution in [2.24, 2.45) is 7.05 Å². The van der Waals surface area contributed by atoms with E-state index in [1.807, 2.05) is 13.2 Å². The van der Waals surface area contributed by atoms with Gasteiger partial charge >= 0.3 is 0 Å². The smallest absolute Gasteiger partial charge is 0.257 e. The van der Waals surface area contributed by atoms with Crippen molar-refractivity contribution in [3.63, 3.8) is 0 Å². The molecule has 0 radical (unpaired) electrons. The number of nitrogens with one attached hydrogen (secondary N) is 3. The van der Waals surface area contributed by atoms with Gasteiger partial charge in [-0.2, -0.15) is 10.2 Å². The molecule has 0 aliphatic heterocycles. The summed E-state index contributed by atoms with van der Waals surface area (Å²) in [5, 5.41) is 13.4. The van der Waals surface area contributed by atoms with E-state index in [1.54, 1.807) is 17.9 Å². The molecule has 0 unspecified atom stereocenters. The lowest BCUT2D eigenvalue weighted by atomic mass is 10.3. The monoisotopic (exact) mass is 298 g/mol. The fourth-order valence-electron chi connectivity index (χ4n) is 1.85. The number of aryl methyl sites for hydroxylation is 1. The summed E-state index contributed by atoms with van der Waals surface area (Å²) in [5.74, 6) is 0. The summed E-state index contributed by atoms with van der Waals surface area (Å²) in [7, 11) is 0.00255. The summed E-state index contributed by atoms with van der Waals surface area (Å²) in [5.41, 5.74) is 1.59. The summed E-state index contributed by atoms with van der Waals surface area (Å²) >= 11 is 0. The highest BCUT2D eigenvalue weighted by Crippen LogP contribution is 2.11. The van der Waals surface area contributed by atoms with Gasteiger partial charge in [0.25, 0.3) is 10.0 Å². The van der Waals surface area contributed by atoms with E-state index in [2.05, 4.69) is 25.3 Å². The highest BCUT2D eigenvalue weighted by atomic mass is 32.2. The van der Waals surface area contributed by atoms with Gasteiger partial charge in [-0.25, -0.2) is 13.1 Å². The van der Waals surface area contributed by atoms with Crippen molar-refractivity contribution in [3.8, 4) is 0 Å². The van der Waals surface area contributed by atoms with Crippen molar-refractivity contribution in [2.75, 3.05) is 13.6 Å². The maximum absolute atomic E-state index is 12.2. The molecule has 2 aromatic rings. The van der Waals surface area contributed by atoms with Gasteiger partial charge in [-0.05, 0) is 19.0 Å². The van der Waals surface area contributed by atoms with Crippen molar-refractivity contribution in [1.29, 1.82) is 0 Å². The van der Waals surface area contributed by atoms with Gasteiger partial charge in [-0.1, -0.05) is 0 Å². The van der Waals surface area contributed by atoms with E-state index in [0.29, 0.717) is 25.1 Å². The lowest BCUT2D eigenvalue weighted by molar-refractivity contribution is 0.575. The van der Waals surface area contributed by atoms with Crippen LogP contribution in [0.1, 0.15) is 11.1 Å². The Morgan fingerprint density at radius 3 is 2.85 bits per heavy atom. The highest BCUT2D eigenvalue weighted by Gasteiger charge is 2.19. The largest absolute Gasteiger partial charge is 0.316 e. The quantitative estimate of drug-likeness (QED) is 0.632. The molecule has 8 nitrogen and oxygen atoms in total. The van der Waals surface area contributed by atoms with Crippen LogP contribution in [0.5, 0.6) is 0 Å². The average molecular weight is 298 g/mol. The van der Waals surface area contributed by atoms with Crippen LogP contribution in [0, 0.1) is 0 Å². The Labute approximate surface area is 117 Å². The van der Waals surface area contributed by atoms with Gasteiger partial charge in [0.05, 0.1) is 12.4 Å². The van der Waals surface area contributed by atoms with Crippen LogP contribution in [0.3, 0.4) is 0 Å². The third-order valence-electron chi connectivity index (χ3n) is 2.78.